The summed E-state index contributed by atoms with van der Waals surface area (Å²) < 4.78 is 33.2. The quantitative estimate of drug-likeness (QED) is 0.462. The van der Waals surface area contributed by atoms with Gasteiger partial charge in [-0.05, 0) is 31.2 Å². The molecule has 1 aliphatic rings. The summed E-state index contributed by atoms with van der Waals surface area (Å²) in [6, 6.07) is 11.4. The standard InChI is InChI=1S/C21H21F2N3OS/c1-14(17-12-15(22)6-7-18(17)23)28-21-16-4-2-3-5-19(16)24-20(25-21)13-26-8-10-27-11-9-26/h2-7,12,14H,8-11,13H2,1H3. The topological polar surface area (TPSA) is 38.2 Å². The molecule has 1 aliphatic heterocycles. The van der Waals surface area contributed by atoms with Crippen molar-refractivity contribution < 1.29 is 13.5 Å². The first-order chi connectivity index (χ1) is 13.6. The highest BCUT2D eigenvalue weighted by Gasteiger charge is 2.18. The Morgan fingerprint density at radius 1 is 1.11 bits per heavy atom. The van der Waals surface area contributed by atoms with E-state index in [1.165, 1.54) is 23.9 Å². The summed E-state index contributed by atoms with van der Waals surface area (Å²) in [7, 11) is 0. The van der Waals surface area contributed by atoms with Gasteiger partial charge in [-0.3, -0.25) is 4.90 Å². The lowest BCUT2D eigenvalue weighted by Gasteiger charge is -2.26. The number of halogens is 2. The number of fused-ring (bicyclic) bond motifs is 1. The van der Waals surface area contributed by atoms with Crippen molar-refractivity contribution in [3.8, 4) is 0 Å². The molecule has 3 aromatic rings. The molecule has 1 saturated heterocycles. The van der Waals surface area contributed by atoms with Gasteiger partial charge in [0.2, 0.25) is 0 Å². The van der Waals surface area contributed by atoms with Gasteiger partial charge >= 0.3 is 0 Å². The third kappa shape index (κ3) is 4.32. The van der Waals surface area contributed by atoms with E-state index in [0.717, 1.165) is 40.9 Å². The Bertz CT molecular complexity index is 979. The van der Waals surface area contributed by atoms with Gasteiger partial charge in [0.05, 0.1) is 25.3 Å². The number of ether oxygens (including phenoxy) is 1. The number of para-hydroxylation sites is 1. The average Bonchev–Trinajstić information content (AvgIpc) is 2.70. The number of nitrogens with zero attached hydrogens (tertiary/aromatic N) is 3. The Hall–Kier alpha value is -2.09. The van der Waals surface area contributed by atoms with Crippen molar-refractivity contribution >= 4 is 22.7 Å². The van der Waals surface area contributed by atoms with E-state index in [2.05, 4.69) is 4.90 Å². The molecule has 0 saturated carbocycles. The van der Waals surface area contributed by atoms with E-state index < -0.39 is 11.6 Å². The van der Waals surface area contributed by atoms with Crippen LogP contribution >= 0.6 is 11.8 Å². The van der Waals surface area contributed by atoms with Crippen LogP contribution in [-0.4, -0.2) is 41.2 Å². The van der Waals surface area contributed by atoms with Gasteiger partial charge in [-0.2, -0.15) is 0 Å². The second-order valence-electron chi connectivity index (χ2n) is 6.78. The Labute approximate surface area is 166 Å². The van der Waals surface area contributed by atoms with Crippen molar-refractivity contribution in [1.29, 1.82) is 0 Å². The molecule has 0 spiro atoms. The molecule has 28 heavy (non-hydrogen) atoms. The first-order valence-electron chi connectivity index (χ1n) is 9.27. The predicted octanol–water partition coefficient (Wildman–Crippen LogP) is 4.59. The molecule has 1 aromatic heterocycles. The fourth-order valence-corrected chi connectivity index (χ4v) is 4.37. The van der Waals surface area contributed by atoms with Crippen LogP contribution in [0.3, 0.4) is 0 Å². The predicted molar refractivity (Wildman–Crippen MR) is 106 cm³/mol. The van der Waals surface area contributed by atoms with E-state index in [9.17, 15) is 8.78 Å². The highest BCUT2D eigenvalue weighted by atomic mass is 32.2. The van der Waals surface area contributed by atoms with Crippen LogP contribution in [0.2, 0.25) is 0 Å². The number of rotatable bonds is 5. The third-order valence-corrected chi connectivity index (χ3v) is 5.91. The van der Waals surface area contributed by atoms with Gasteiger partial charge in [0.15, 0.2) is 0 Å². The SMILES string of the molecule is CC(Sc1nc(CN2CCOCC2)nc2ccccc12)c1cc(F)ccc1F. The fraction of sp³-hybridized carbons (Fsp3) is 0.333. The van der Waals surface area contributed by atoms with E-state index in [-0.39, 0.29) is 5.25 Å². The van der Waals surface area contributed by atoms with Crippen molar-refractivity contribution in [3.63, 3.8) is 0 Å². The number of hydrogen-bond acceptors (Lipinski definition) is 5. The van der Waals surface area contributed by atoms with Gasteiger partial charge in [-0.25, -0.2) is 18.7 Å². The van der Waals surface area contributed by atoms with Gasteiger partial charge in [0.25, 0.3) is 0 Å². The Kier molecular flexibility index (Phi) is 5.85. The first-order valence-corrected chi connectivity index (χ1v) is 10.2. The van der Waals surface area contributed by atoms with Crippen molar-refractivity contribution in [2.75, 3.05) is 26.3 Å². The van der Waals surface area contributed by atoms with E-state index in [1.54, 1.807) is 0 Å². The monoisotopic (exact) mass is 401 g/mol. The second kappa shape index (κ2) is 8.51. The third-order valence-electron chi connectivity index (χ3n) is 4.77. The maximum Gasteiger partial charge on any atom is 0.144 e. The molecule has 146 valence electrons. The zero-order chi connectivity index (χ0) is 19.5. The molecule has 1 fully saturated rings. The molecule has 2 heterocycles. The van der Waals surface area contributed by atoms with Gasteiger partial charge in [-0.15, -0.1) is 0 Å². The molecular formula is C21H21F2N3OS. The minimum absolute atomic E-state index is 0.287. The number of hydrogen-bond donors (Lipinski definition) is 0. The minimum atomic E-state index is -0.440. The van der Waals surface area contributed by atoms with Crippen molar-refractivity contribution in [2.45, 2.75) is 23.7 Å². The smallest absolute Gasteiger partial charge is 0.144 e. The zero-order valence-electron chi connectivity index (χ0n) is 15.6. The van der Waals surface area contributed by atoms with Crippen LogP contribution in [0.1, 0.15) is 23.6 Å². The molecule has 0 N–H and O–H groups in total. The minimum Gasteiger partial charge on any atom is -0.379 e. The van der Waals surface area contributed by atoms with Gasteiger partial charge in [0, 0.05) is 29.3 Å². The van der Waals surface area contributed by atoms with Gasteiger partial charge < -0.3 is 4.74 Å². The summed E-state index contributed by atoms with van der Waals surface area (Å²) in [6.45, 7) is 5.63. The van der Waals surface area contributed by atoms with Crippen molar-refractivity contribution in [2.24, 2.45) is 0 Å². The lowest BCUT2D eigenvalue weighted by molar-refractivity contribution is 0.0330. The number of thioether (sulfide) groups is 1. The average molecular weight is 401 g/mol. The van der Waals surface area contributed by atoms with Crippen LogP contribution < -0.4 is 0 Å². The Morgan fingerprint density at radius 2 is 1.89 bits per heavy atom. The Morgan fingerprint density at radius 3 is 2.71 bits per heavy atom. The first kappa shape index (κ1) is 19.2. The fourth-order valence-electron chi connectivity index (χ4n) is 3.27. The van der Waals surface area contributed by atoms with Crippen LogP contribution in [0.25, 0.3) is 10.9 Å². The lowest BCUT2D eigenvalue weighted by atomic mass is 10.1. The van der Waals surface area contributed by atoms with Crippen molar-refractivity contribution in [1.82, 2.24) is 14.9 Å². The molecule has 2 aromatic carbocycles. The number of morpholine rings is 1. The van der Waals surface area contributed by atoms with Crippen LogP contribution in [0.4, 0.5) is 8.78 Å². The Balaban J connectivity index is 1.65. The highest BCUT2D eigenvalue weighted by Crippen LogP contribution is 2.38. The summed E-state index contributed by atoms with van der Waals surface area (Å²) in [5, 5.41) is 1.41. The molecule has 4 rings (SSSR count). The molecule has 0 radical (unpaired) electrons. The van der Waals surface area contributed by atoms with Gasteiger partial charge in [-0.1, -0.05) is 30.0 Å². The molecule has 0 bridgehead atoms. The zero-order valence-corrected chi connectivity index (χ0v) is 16.4. The second-order valence-corrected chi connectivity index (χ2v) is 8.11. The number of benzene rings is 2. The summed E-state index contributed by atoms with van der Waals surface area (Å²) in [4.78, 5) is 11.7. The molecule has 0 amide bonds. The van der Waals surface area contributed by atoms with Crippen LogP contribution in [0.15, 0.2) is 47.5 Å². The largest absolute Gasteiger partial charge is 0.379 e. The van der Waals surface area contributed by atoms with Crippen LogP contribution in [0.5, 0.6) is 0 Å². The van der Waals surface area contributed by atoms with E-state index in [1.807, 2.05) is 31.2 Å². The highest BCUT2D eigenvalue weighted by molar-refractivity contribution is 7.99. The number of aromatic nitrogens is 2. The van der Waals surface area contributed by atoms with Crippen LogP contribution in [-0.2, 0) is 11.3 Å². The normalized spacial score (nSPS) is 16.4. The maximum atomic E-state index is 14.2. The molecule has 1 atom stereocenters. The summed E-state index contributed by atoms with van der Waals surface area (Å²) >= 11 is 1.42. The molecule has 7 heteroatoms. The summed E-state index contributed by atoms with van der Waals surface area (Å²) in [5.41, 5.74) is 1.19. The van der Waals surface area contributed by atoms with Crippen molar-refractivity contribution in [3.05, 3.63) is 65.5 Å². The molecule has 4 nitrogen and oxygen atoms in total. The molecule has 1 unspecified atom stereocenters. The summed E-state index contributed by atoms with van der Waals surface area (Å²) in [5.74, 6) is -0.118. The van der Waals surface area contributed by atoms with Crippen LogP contribution in [0, 0.1) is 11.6 Å². The van der Waals surface area contributed by atoms with E-state index in [4.69, 9.17) is 14.7 Å². The summed E-state index contributed by atoms with van der Waals surface area (Å²) in [6.07, 6.45) is 0. The molecule has 0 aliphatic carbocycles. The lowest BCUT2D eigenvalue weighted by Crippen LogP contribution is -2.36. The van der Waals surface area contributed by atoms with E-state index >= 15 is 0 Å². The van der Waals surface area contributed by atoms with E-state index in [0.29, 0.717) is 25.3 Å². The maximum absolute atomic E-state index is 14.2. The molecular weight excluding hydrogens is 380 g/mol. The van der Waals surface area contributed by atoms with Gasteiger partial charge in [0.1, 0.15) is 22.5 Å².